The first-order chi connectivity index (χ1) is 6.79. The molecule has 5 nitrogen and oxygen atoms in total. The number of nitrogens with zero attached hydrogens (tertiary/aromatic N) is 4. The third-order valence-electron chi connectivity index (χ3n) is 1.88. The lowest BCUT2D eigenvalue weighted by Crippen LogP contribution is -1.95. The second-order valence-electron chi connectivity index (χ2n) is 2.91. The SMILES string of the molecule is CNc1cnc(-c2ccn(C)n2)cn1. The topological polar surface area (TPSA) is 55.6 Å². The summed E-state index contributed by atoms with van der Waals surface area (Å²) in [7, 11) is 3.68. The summed E-state index contributed by atoms with van der Waals surface area (Å²) in [5.41, 5.74) is 1.62. The van der Waals surface area contributed by atoms with Gasteiger partial charge in [-0.1, -0.05) is 0 Å². The molecule has 5 heteroatoms. The van der Waals surface area contributed by atoms with Gasteiger partial charge in [0.15, 0.2) is 0 Å². The van der Waals surface area contributed by atoms with E-state index in [-0.39, 0.29) is 0 Å². The van der Waals surface area contributed by atoms with Crippen LogP contribution in [-0.4, -0.2) is 26.8 Å². The molecular weight excluding hydrogens is 178 g/mol. The molecule has 72 valence electrons. The van der Waals surface area contributed by atoms with Crippen molar-refractivity contribution in [2.75, 3.05) is 12.4 Å². The lowest BCUT2D eigenvalue weighted by molar-refractivity contribution is 0.770. The predicted molar refractivity (Wildman–Crippen MR) is 53.8 cm³/mol. The minimum atomic E-state index is 0.754. The van der Waals surface area contributed by atoms with E-state index in [1.807, 2.05) is 26.4 Å². The minimum Gasteiger partial charge on any atom is -0.372 e. The molecule has 0 saturated carbocycles. The number of nitrogens with one attached hydrogen (secondary N) is 1. The Morgan fingerprint density at radius 2 is 2.07 bits per heavy atom. The fourth-order valence-corrected chi connectivity index (χ4v) is 1.14. The Balaban J connectivity index is 2.33. The molecule has 0 aliphatic carbocycles. The highest BCUT2D eigenvalue weighted by Gasteiger charge is 2.02. The van der Waals surface area contributed by atoms with Crippen LogP contribution in [0.25, 0.3) is 11.4 Å². The Bertz CT molecular complexity index is 417. The van der Waals surface area contributed by atoms with E-state index in [2.05, 4.69) is 20.4 Å². The van der Waals surface area contributed by atoms with Crippen molar-refractivity contribution in [3.63, 3.8) is 0 Å². The summed E-state index contributed by atoms with van der Waals surface area (Å²) in [6.07, 6.45) is 5.27. The van der Waals surface area contributed by atoms with Gasteiger partial charge in [0.2, 0.25) is 0 Å². The van der Waals surface area contributed by atoms with Crippen molar-refractivity contribution >= 4 is 5.82 Å². The zero-order chi connectivity index (χ0) is 9.97. The van der Waals surface area contributed by atoms with Crippen molar-refractivity contribution in [1.82, 2.24) is 19.7 Å². The lowest BCUT2D eigenvalue weighted by atomic mass is 10.3. The molecule has 0 aliphatic heterocycles. The highest BCUT2D eigenvalue weighted by Crippen LogP contribution is 2.12. The van der Waals surface area contributed by atoms with Gasteiger partial charge < -0.3 is 5.32 Å². The first-order valence-corrected chi connectivity index (χ1v) is 4.29. The van der Waals surface area contributed by atoms with E-state index in [1.165, 1.54) is 0 Å². The molecular formula is C9H11N5. The van der Waals surface area contributed by atoms with Crippen LogP contribution in [0.4, 0.5) is 5.82 Å². The first kappa shape index (κ1) is 8.68. The lowest BCUT2D eigenvalue weighted by Gasteiger charge is -1.98. The number of aryl methyl sites for hydroxylation is 1. The Hall–Kier alpha value is -1.91. The van der Waals surface area contributed by atoms with Gasteiger partial charge in [-0.3, -0.25) is 4.68 Å². The van der Waals surface area contributed by atoms with Crippen molar-refractivity contribution < 1.29 is 0 Å². The van der Waals surface area contributed by atoms with Gasteiger partial charge in [0.1, 0.15) is 17.2 Å². The third-order valence-corrected chi connectivity index (χ3v) is 1.88. The molecule has 0 aromatic carbocycles. The molecule has 2 aromatic heterocycles. The van der Waals surface area contributed by atoms with E-state index >= 15 is 0 Å². The second kappa shape index (κ2) is 3.45. The van der Waals surface area contributed by atoms with Crippen LogP contribution in [0.1, 0.15) is 0 Å². The van der Waals surface area contributed by atoms with Crippen LogP contribution in [-0.2, 0) is 7.05 Å². The zero-order valence-electron chi connectivity index (χ0n) is 8.10. The Morgan fingerprint density at radius 1 is 1.21 bits per heavy atom. The van der Waals surface area contributed by atoms with Crippen LogP contribution in [0.15, 0.2) is 24.7 Å². The van der Waals surface area contributed by atoms with Crippen LogP contribution in [0, 0.1) is 0 Å². The minimum absolute atomic E-state index is 0.754. The van der Waals surface area contributed by atoms with Gasteiger partial charge in [-0.05, 0) is 6.07 Å². The van der Waals surface area contributed by atoms with Crippen LogP contribution in [0.2, 0.25) is 0 Å². The third kappa shape index (κ3) is 1.56. The molecule has 0 bridgehead atoms. The van der Waals surface area contributed by atoms with E-state index in [0.29, 0.717) is 0 Å². The van der Waals surface area contributed by atoms with Crippen LogP contribution < -0.4 is 5.32 Å². The molecule has 2 heterocycles. The fourth-order valence-electron chi connectivity index (χ4n) is 1.14. The smallest absolute Gasteiger partial charge is 0.144 e. The molecule has 1 N–H and O–H groups in total. The molecule has 0 atom stereocenters. The average molecular weight is 189 g/mol. The Morgan fingerprint density at radius 3 is 2.57 bits per heavy atom. The summed E-state index contributed by atoms with van der Waals surface area (Å²) in [4.78, 5) is 8.39. The van der Waals surface area contributed by atoms with Crippen molar-refractivity contribution in [3.05, 3.63) is 24.7 Å². The van der Waals surface area contributed by atoms with Crippen molar-refractivity contribution in [3.8, 4) is 11.4 Å². The van der Waals surface area contributed by atoms with E-state index in [4.69, 9.17) is 0 Å². The van der Waals surface area contributed by atoms with Crippen LogP contribution in [0.5, 0.6) is 0 Å². The van der Waals surface area contributed by atoms with E-state index in [1.54, 1.807) is 17.1 Å². The summed E-state index contributed by atoms with van der Waals surface area (Å²) in [5, 5.41) is 7.14. The van der Waals surface area contributed by atoms with Crippen molar-refractivity contribution in [2.45, 2.75) is 0 Å². The summed E-state index contributed by atoms with van der Waals surface area (Å²) < 4.78 is 1.74. The molecule has 2 rings (SSSR count). The molecule has 0 saturated heterocycles. The number of aromatic nitrogens is 4. The molecule has 0 aliphatic rings. The summed E-state index contributed by atoms with van der Waals surface area (Å²) in [5.74, 6) is 0.754. The quantitative estimate of drug-likeness (QED) is 0.763. The maximum absolute atomic E-state index is 4.23. The molecule has 2 aromatic rings. The van der Waals surface area contributed by atoms with Gasteiger partial charge in [0, 0.05) is 20.3 Å². The molecule has 0 fully saturated rings. The van der Waals surface area contributed by atoms with Crippen LogP contribution in [0.3, 0.4) is 0 Å². The second-order valence-corrected chi connectivity index (χ2v) is 2.91. The Kier molecular flexibility index (Phi) is 2.14. The average Bonchev–Trinajstić information content (AvgIpc) is 2.65. The largest absolute Gasteiger partial charge is 0.372 e. The number of hydrogen-bond donors (Lipinski definition) is 1. The van der Waals surface area contributed by atoms with Gasteiger partial charge >= 0.3 is 0 Å². The molecule has 0 unspecified atom stereocenters. The monoisotopic (exact) mass is 189 g/mol. The van der Waals surface area contributed by atoms with Gasteiger partial charge in [-0.2, -0.15) is 5.10 Å². The standard InChI is InChI=1S/C9H11N5/c1-10-9-6-11-8(5-12-9)7-3-4-14(2)13-7/h3-6H,1-2H3,(H,10,12). The summed E-state index contributed by atoms with van der Waals surface area (Å²) in [6.45, 7) is 0. The number of anilines is 1. The van der Waals surface area contributed by atoms with Gasteiger partial charge in [-0.25, -0.2) is 9.97 Å². The predicted octanol–water partition coefficient (Wildman–Crippen LogP) is 0.919. The Labute approximate surface area is 81.8 Å². The highest BCUT2D eigenvalue weighted by atomic mass is 15.2. The first-order valence-electron chi connectivity index (χ1n) is 4.29. The van der Waals surface area contributed by atoms with Crippen LogP contribution >= 0.6 is 0 Å². The normalized spacial score (nSPS) is 10.1. The number of rotatable bonds is 2. The number of hydrogen-bond acceptors (Lipinski definition) is 4. The van der Waals surface area contributed by atoms with E-state index < -0.39 is 0 Å². The fraction of sp³-hybridized carbons (Fsp3) is 0.222. The van der Waals surface area contributed by atoms with Crippen molar-refractivity contribution in [1.29, 1.82) is 0 Å². The van der Waals surface area contributed by atoms with Gasteiger partial charge in [0.25, 0.3) is 0 Å². The molecule has 0 spiro atoms. The van der Waals surface area contributed by atoms with Gasteiger partial charge in [-0.15, -0.1) is 0 Å². The molecule has 14 heavy (non-hydrogen) atoms. The molecule has 0 radical (unpaired) electrons. The zero-order valence-corrected chi connectivity index (χ0v) is 8.10. The van der Waals surface area contributed by atoms with Crippen molar-refractivity contribution in [2.24, 2.45) is 7.05 Å². The molecule has 0 amide bonds. The maximum Gasteiger partial charge on any atom is 0.144 e. The van der Waals surface area contributed by atoms with Gasteiger partial charge in [0.05, 0.1) is 12.4 Å². The summed E-state index contributed by atoms with van der Waals surface area (Å²) >= 11 is 0. The maximum atomic E-state index is 4.23. The highest BCUT2D eigenvalue weighted by molar-refractivity contribution is 5.52. The van der Waals surface area contributed by atoms with E-state index in [0.717, 1.165) is 17.2 Å². The van der Waals surface area contributed by atoms with E-state index in [9.17, 15) is 0 Å². The summed E-state index contributed by atoms with van der Waals surface area (Å²) in [6, 6.07) is 1.91.